The Balaban J connectivity index is 2.48. The maximum Gasteiger partial charge on any atom is 0.360 e. The highest BCUT2D eigenvalue weighted by Crippen LogP contribution is 2.19. The molecule has 90 valence electrons. The van der Waals surface area contributed by atoms with Crippen molar-refractivity contribution in [1.82, 2.24) is 25.3 Å². The van der Waals surface area contributed by atoms with Crippen molar-refractivity contribution in [2.45, 2.75) is 6.92 Å². The maximum atomic E-state index is 11.3. The average Bonchev–Trinajstić information content (AvgIpc) is 2.93. The Morgan fingerprint density at radius 2 is 2.12 bits per heavy atom. The summed E-state index contributed by atoms with van der Waals surface area (Å²) in [6.45, 7) is 1.64. The van der Waals surface area contributed by atoms with E-state index in [0.29, 0.717) is 5.69 Å². The van der Waals surface area contributed by atoms with Gasteiger partial charge in [-0.15, -0.1) is 5.10 Å². The number of carbonyl (C=O) groups is 1. The highest BCUT2D eigenvalue weighted by Gasteiger charge is 2.22. The Morgan fingerprint density at radius 1 is 1.35 bits per heavy atom. The van der Waals surface area contributed by atoms with Crippen LogP contribution in [0.1, 0.15) is 16.2 Å². The van der Waals surface area contributed by atoms with Crippen LogP contribution >= 0.6 is 0 Å². The number of aromatic nitrogens is 5. The molecule has 0 aliphatic heterocycles. The number of methoxy groups -OCH3 is 2. The van der Waals surface area contributed by atoms with Crippen LogP contribution in [-0.2, 0) is 4.74 Å². The molecule has 0 atom stereocenters. The third kappa shape index (κ3) is 1.71. The molecule has 2 heterocycles. The Bertz CT molecular complexity index is 546. The number of ether oxygens (including phenoxy) is 2. The van der Waals surface area contributed by atoms with Gasteiger partial charge in [-0.1, -0.05) is 5.21 Å². The van der Waals surface area contributed by atoms with Crippen molar-refractivity contribution in [3.63, 3.8) is 0 Å². The molecule has 0 saturated heterocycles. The molecule has 0 spiro atoms. The minimum Gasteiger partial charge on any atom is -0.476 e. The molecule has 0 amide bonds. The lowest BCUT2D eigenvalue weighted by atomic mass is 10.3. The third-order valence-corrected chi connectivity index (χ3v) is 2.11. The molecule has 0 fully saturated rings. The molecular formula is C8H9N5O4. The van der Waals surface area contributed by atoms with E-state index in [4.69, 9.17) is 4.74 Å². The zero-order valence-electron chi connectivity index (χ0n) is 9.37. The van der Waals surface area contributed by atoms with Gasteiger partial charge in [0.1, 0.15) is 0 Å². The summed E-state index contributed by atoms with van der Waals surface area (Å²) in [7, 11) is 2.68. The quantitative estimate of drug-likeness (QED) is 0.675. The molecule has 0 aliphatic rings. The lowest BCUT2D eigenvalue weighted by Crippen LogP contribution is -2.06. The minimum atomic E-state index is -0.579. The van der Waals surface area contributed by atoms with Gasteiger partial charge >= 0.3 is 11.8 Å². The molecule has 0 N–H and O–H groups in total. The van der Waals surface area contributed by atoms with Crippen molar-refractivity contribution in [2.75, 3.05) is 14.2 Å². The second-order valence-electron chi connectivity index (χ2n) is 3.02. The van der Waals surface area contributed by atoms with E-state index in [1.165, 1.54) is 18.9 Å². The first kappa shape index (κ1) is 11.0. The zero-order chi connectivity index (χ0) is 12.4. The van der Waals surface area contributed by atoms with Crippen molar-refractivity contribution in [1.29, 1.82) is 0 Å². The topological polar surface area (TPSA) is 105 Å². The Kier molecular flexibility index (Phi) is 2.73. The SMILES string of the molecule is COC(=O)c1nnn(-c2nonc2OC)c1C. The fourth-order valence-electron chi connectivity index (χ4n) is 1.25. The van der Waals surface area contributed by atoms with Gasteiger partial charge in [0.2, 0.25) is 0 Å². The van der Waals surface area contributed by atoms with Crippen LogP contribution < -0.4 is 4.74 Å². The molecule has 9 nitrogen and oxygen atoms in total. The van der Waals surface area contributed by atoms with Gasteiger partial charge in [-0.3, -0.25) is 0 Å². The van der Waals surface area contributed by atoms with E-state index in [2.05, 4.69) is 30.0 Å². The van der Waals surface area contributed by atoms with Gasteiger partial charge in [-0.25, -0.2) is 9.42 Å². The second-order valence-corrected chi connectivity index (χ2v) is 3.02. The van der Waals surface area contributed by atoms with E-state index in [1.807, 2.05) is 0 Å². The zero-order valence-corrected chi connectivity index (χ0v) is 9.37. The first-order valence-corrected chi connectivity index (χ1v) is 4.56. The summed E-state index contributed by atoms with van der Waals surface area (Å²) in [5.41, 5.74) is 0.545. The summed E-state index contributed by atoms with van der Waals surface area (Å²) in [5.74, 6) is -0.216. The predicted molar refractivity (Wildman–Crippen MR) is 51.8 cm³/mol. The van der Waals surface area contributed by atoms with Crippen LogP contribution in [-0.4, -0.2) is 45.5 Å². The smallest absolute Gasteiger partial charge is 0.360 e. The van der Waals surface area contributed by atoms with Gasteiger partial charge in [-0.2, -0.15) is 4.68 Å². The number of carbonyl (C=O) groups excluding carboxylic acids is 1. The lowest BCUT2D eigenvalue weighted by Gasteiger charge is -1.99. The van der Waals surface area contributed by atoms with Crippen molar-refractivity contribution >= 4 is 5.97 Å². The fraction of sp³-hybridized carbons (Fsp3) is 0.375. The van der Waals surface area contributed by atoms with Gasteiger partial charge in [0.25, 0.3) is 5.82 Å². The van der Waals surface area contributed by atoms with Gasteiger partial charge in [0.05, 0.1) is 19.9 Å². The Hall–Kier alpha value is -2.45. The van der Waals surface area contributed by atoms with Gasteiger partial charge < -0.3 is 9.47 Å². The number of nitrogens with zero attached hydrogens (tertiary/aromatic N) is 5. The number of esters is 1. The summed E-state index contributed by atoms with van der Waals surface area (Å²) >= 11 is 0. The highest BCUT2D eigenvalue weighted by molar-refractivity contribution is 5.88. The molecule has 9 heteroatoms. The molecule has 0 unspecified atom stereocenters. The average molecular weight is 239 g/mol. The summed E-state index contributed by atoms with van der Waals surface area (Å²) in [5, 5.41) is 14.6. The molecule has 2 aromatic heterocycles. The first-order chi connectivity index (χ1) is 8.19. The number of rotatable bonds is 3. The van der Waals surface area contributed by atoms with Crippen LogP contribution in [0.15, 0.2) is 4.63 Å². The van der Waals surface area contributed by atoms with E-state index in [0.717, 1.165) is 0 Å². The van der Waals surface area contributed by atoms with E-state index in [9.17, 15) is 4.79 Å². The standard InChI is InChI=1S/C8H9N5O4/c1-4-5(8(14)16-3)9-12-13(4)6-7(15-2)11-17-10-6/h1-3H3. The molecule has 17 heavy (non-hydrogen) atoms. The molecule has 0 aliphatic carbocycles. The lowest BCUT2D eigenvalue weighted by molar-refractivity contribution is 0.0593. The van der Waals surface area contributed by atoms with Gasteiger partial charge in [-0.05, 0) is 17.2 Å². The molecule has 0 bridgehead atoms. The van der Waals surface area contributed by atoms with E-state index in [1.54, 1.807) is 6.92 Å². The van der Waals surface area contributed by atoms with Crippen LogP contribution in [0.4, 0.5) is 0 Å². The number of hydrogen-bond donors (Lipinski definition) is 0. The predicted octanol–water partition coefficient (Wildman–Crippen LogP) is -0.246. The van der Waals surface area contributed by atoms with Crippen LogP contribution in [0.2, 0.25) is 0 Å². The third-order valence-electron chi connectivity index (χ3n) is 2.11. The molecule has 2 rings (SSSR count). The summed E-state index contributed by atoms with van der Waals surface area (Å²) in [6, 6.07) is 0. The fourth-order valence-corrected chi connectivity index (χ4v) is 1.25. The summed E-state index contributed by atoms with van der Waals surface area (Å²) < 4.78 is 15.3. The molecular weight excluding hydrogens is 230 g/mol. The van der Waals surface area contributed by atoms with E-state index >= 15 is 0 Å². The second kappa shape index (κ2) is 4.20. The number of hydrogen-bond acceptors (Lipinski definition) is 8. The first-order valence-electron chi connectivity index (χ1n) is 4.56. The van der Waals surface area contributed by atoms with E-state index in [-0.39, 0.29) is 17.4 Å². The molecule has 2 aromatic rings. The van der Waals surface area contributed by atoms with Crippen molar-refractivity contribution in [3.05, 3.63) is 11.4 Å². The monoisotopic (exact) mass is 239 g/mol. The molecule has 0 aromatic carbocycles. The normalized spacial score (nSPS) is 10.3. The maximum absolute atomic E-state index is 11.3. The minimum absolute atomic E-state index is 0.0950. The van der Waals surface area contributed by atoms with E-state index < -0.39 is 5.97 Å². The molecule has 0 radical (unpaired) electrons. The highest BCUT2D eigenvalue weighted by atomic mass is 16.6. The van der Waals surface area contributed by atoms with Crippen LogP contribution in [0.3, 0.4) is 0 Å². The van der Waals surface area contributed by atoms with Crippen molar-refractivity contribution in [3.8, 4) is 11.7 Å². The van der Waals surface area contributed by atoms with Crippen LogP contribution in [0, 0.1) is 6.92 Å². The molecule has 0 saturated carbocycles. The van der Waals surface area contributed by atoms with Crippen LogP contribution in [0.5, 0.6) is 5.88 Å². The Morgan fingerprint density at radius 3 is 2.76 bits per heavy atom. The van der Waals surface area contributed by atoms with Crippen molar-refractivity contribution < 1.29 is 18.9 Å². The Labute approximate surface area is 95.3 Å². The van der Waals surface area contributed by atoms with Crippen LogP contribution in [0.25, 0.3) is 5.82 Å². The summed E-state index contributed by atoms with van der Waals surface area (Å²) in [4.78, 5) is 11.3. The largest absolute Gasteiger partial charge is 0.476 e. The van der Waals surface area contributed by atoms with Gasteiger partial charge in [0, 0.05) is 0 Å². The van der Waals surface area contributed by atoms with Gasteiger partial charge in [0.15, 0.2) is 5.69 Å². The summed E-state index contributed by atoms with van der Waals surface area (Å²) in [6.07, 6.45) is 0. The van der Waals surface area contributed by atoms with Crippen molar-refractivity contribution in [2.24, 2.45) is 0 Å².